The molecule has 0 bridgehead atoms. The number of Topliss-reactive ketones (excluding diaryl/α,β-unsaturated/α-hetero) is 1. The van der Waals surface area contributed by atoms with Crippen molar-refractivity contribution in [2.75, 3.05) is 53.2 Å². The Balaban J connectivity index is 0.0000137. The number of rotatable bonds is 30. The van der Waals surface area contributed by atoms with Crippen molar-refractivity contribution in [3.8, 4) is 0 Å². The van der Waals surface area contributed by atoms with E-state index in [9.17, 15) is 65.1 Å². The molecule has 11 N–H and O–H groups in total. The van der Waals surface area contributed by atoms with E-state index in [1.54, 1.807) is 12.0 Å². The maximum absolute atomic E-state index is 13.4. The fraction of sp³-hybridized carbons (Fsp3) is 0.902. The largest absolute Gasteiger partial charge is 0.394 e. The van der Waals surface area contributed by atoms with Gasteiger partial charge in [0, 0.05) is 91.8 Å². The van der Waals surface area contributed by atoms with Crippen molar-refractivity contribution in [2.45, 2.75) is 182 Å². The van der Waals surface area contributed by atoms with Gasteiger partial charge in [0.05, 0.1) is 38.0 Å². The second kappa shape index (κ2) is 31.6. The number of likely N-dealkylation sites (tertiary alicyclic amines) is 1. The molecule has 13 atom stereocenters. The molecule has 0 aromatic carbocycles. The van der Waals surface area contributed by atoms with E-state index >= 15 is 0 Å². The van der Waals surface area contributed by atoms with Crippen LogP contribution in [-0.2, 0) is 75.6 Å². The zero-order chi connectivity index (χ0) is 45.6. The molecule has 3 aliphatic rings. The van der Waals surface area contributed by atoms with Crippen molar-refractivity contribution in [2.24, 2.45) is 0 Å². The van der Waals surface area contributed by atoms with E-state index in [4.69, 9.17) is 23.7 Å². The number of amides is 3. The molecule has 0 aromatic heterocycles. The molecule has 10 unspecified atom stereocenters. The zero-order valence-electron chi connectivity index (χ0n) is 36.5. The van der Waals surface area contributed by atoms with Gasteiger partial charge in [0.25, 0.3) is 0 Å². The average Bonchev–Trinajstić information content (AvgIpc) is 3.70. The van der Waals surface area contributed by atoms with Gasteiger partial charge in [0.15, 0.2) is 18.4 Å². The molecule has 3 amide bonds. The summed E-state index contributed by atoms with van der Waals surface area (Å²) in [6.45, 7) is -0.294. The summed E-state index contributed by atoms with van der Waals surface area (Å²) in [5.74, 6) is -0.677. The number of methoxy groups -OCH3 is 1. The third-order valence-electron chi connectivity index (χ3n) is 11.6. The molecule has 3 aliphatic heterocycles. The Hall–Kier alpha value is -1.38. The molecule has 3 fully saturated rings. The SMILES string of the molecule is CO[C@@H]1C[C@@H](CO)N(C(=O)CCCCCCC(=O)[C@H](CCCCNC(=O)CCCCOC2OC(CO)C(O)C(O)C2O)NC(=O)CCCCOC2OC(CO)C(O)C(O)C2O)C1.[Y]. The van der Waals surface area contributed by atoms with Crippen LogP contribution in [0.5, 0.6) is 0 Å². The van der Waals surface area contributed by atoms with Crippen LogP contribution in [0.2, 0.25) is 0 Å². The number of ketones is 1. The van der Waals surface area contributed by atoms with E-state index in [-0.39, 0.29) is 107 Å². The van der Waals surface area contributed by atoms with E-state index < -0.39 is 80.7 Å². The summed E-state index contributed by atoms with van der Waals surface area (Å²) in [4.78, 5) is 53.2. The quantitative estimate of drug-likeness (QED) is 0.0325. The van der Waals surface area contributed by atoms with E-state index in [1.165, 1.54) is 0 Å². The van der Waals surface area contributed by atoms with Crippen LogP contribution < -0.4 is 10.6 Å². The first-order valence-corrected chi connectivity index (χ1v) is 22.1. The van der Waals surface area contributed by atoms with Crippen molar-refractivity contribution in [1.82, 2.24) is 15.5 Å². The molecule has 0 spiro atoms. The number of carbonyl (C=O) groups excluding carboxylic acids is 4. The molecule has 363 valence electrons. The van der Waals surface area contributed by atoms with E-state index in [2.05, 4.69) is 10.6 Å². The Morgan fingerprint density at radius 3 is 1.68 bits per heavy atom. The second-order valence-electron chi connectivity index (χ2n) is 16.4. The van der Waals surface area contributed by atoms with Gasteiger partial charge in [-0.1, -0.05) is 12.8 Å². The summed E-state index contributed by atoms with van der Waals surface area (Å²) in [6.07, 6.45) is -6.68. The first-order chi connectivity index (χ1) is 29.8. The van der Waals surface area contributed by atoms with Crippen LogP contribution in [0.4, 0.5) is 0 Å². The molecule has 22 heteroatoms. The maximum Gasteiger partial charge on any atom is 0.222 e. The number of hydrogen-bond acceptors (Lipinski definition) is 18. The monoisotopic (exact) mass is 984 g/mol. The van der Waals surface area contributed by atoms with Gasteiger partial charge in [0.1, 0.15) is 48.8 Å². The van der Waals surface area contributed by atoms with Gasteiger partial charge in [-0.3, -0.25) is 19.2 Å². The molecule has 3 heterocycles. The molecular weight excluding hydrogens is 911 g/mol. The molecule has 1 radical (unpaired) electrons. The van der Waals surface area contributed by atoms with Crippen LogP contribution in [0.15, 0.2) is 0 Å². The van der Waals surface area contributed by atoms with Crippen molar-refractivity contribution in [3.05, 3.63) is 0 Å². The van der Waals surface area contributed by atoms with Crippen LogP contribution >= 0.6 is 0 Å². The number of aliphatic hydroxyl groups is 9. The third-order valence-corrected chi connectivity index (χ3v) is 11.6. The molecular formula is C41H73N3O18Y. The normalized spacial score (nSPS) is 30.1. The molecule has 0 aromatic rings. The van der Waals surface area contributed by atoms with E-state index in [1.807, 2.05) is 0 Å². The minimum absolute atomic E-state index is 0. The Bertz CT molecular complexity index is 1320. The molecule has 3 saturated heterocycles. The molecule has 3 rings (SSSR count). The average molecular weight is 985 g/mol. The summed E-state index contributed by atoms with van der Waals surface area (Å²) >= 11 is 0. The Morgan fingerprint density at radius 1 is 0.635 bits per heavy atom. The topological polar surface area (TPSA) is 324 Å². The predicted molar refractivity (Wildman–Crippen MR) is 217 cm³/mol. The number of ether oxygens (including phenoxy) is 5. The summed E-state index contributed by atoms with van der Waals surface area (Å²) < 4.78 is 26.9. The fourth-order valence-electron chi connectivity index (χ4n) is 7.72. The van der Waals surface area contributed by atoms with E-state index in [0.29, 0.717) is 90.1 Å². The number of aliphatic hydroxyl groups excluding tert-OH is 9. The van der Waals surface area contributed by atoms with Crippen LogP contribution in [0.25, 0.3) is 0 Å². The van der Waals surface area contributed by atoms with Gasteiger partial charge in [-0.15, -0.1) is 0 Å². The van der Waals surface area contributed by atoms with Gasteiger partial charge in [-0.2, -0.15) is 0 Å². The molecule has 0 aliphatic carbocycles. The van der Waals surface area contributed by atoms with Crippen LogP contribution in [0, 0.1) is 0 Å². The summed E-state index contributed by atoms with van der Waals surface area (Å²) in [5.41, 5.74) is 0. The maximum atomic E-state index is 13.4. The van der Waals surface area contributed by atoms with E-state index in [0.717, 1.165) is 6.42 Å². The third kappa shape index (κ3) is 19.4. The summed E-state index contributed by atoms with van der Waals surface area (Å²) in [7, 11) is 1.59. The fourth-order valence-corrected chi connectivity index (χ4v) is 7.72. The Kier molecular flexibility index (Phi) is 28.9. The van der Waals surface area contributed by atoms with Crippen LogP contribution in [-0.4, -0.2) is 207 Å². The molecule has 63 heavy (non-hydrogen) atoms. The Labute approximate surface area is 394 Å². The van der Waals surface area contributed by atoms with Crippen LogP contribution in [0.3, 0.4) is 0 Å². The first kappa shape index (κ1) is 57.8. The smallest absolute Gasteiger partial charge is 0.222 e. The number of nitrogens with one attached hydrogen (secondary N) is 2. The van der Waals surface area contributed by atoms with Crippen molar-refractivity contribution in [3.63, 3.8) is 0 Å². The number of nitrogens with zero attached hydrogens (tertiary/aromatic N) is 1. The van der Waals surface area contributed by atoms with Gasteiger partial charge < -0.3 is 85.2 Å². The van der Waals surface area contributed by atoms with Gasteiger partial charge in [-0.05, 0) is 64.2 Å². The minimum Gasteiger partial charge on any atom is -0.394 e. The molecule has 21 nitrogen and oxygen atoms in total. The zero-order valence-corrected chi connectivity index (χ0v) is 39.3. The van der Waals surface area contributed by atoms with Gasteiger partial charge in [0.2, 0.25) is 17.7 Å². The Morgan fingerprint density at radius 2 is 1.16 bits per heavy atom. The minimum atomic E-state index is -1.56. The summed E-state index contributed by atoms with van der Waals surface area (Å²) in [6, 6.07) is -0.986. The van der Waals surface area contributed by atoms with Gasteiger partial charge >= 0.3 is 0 Å². The molecule has 0 saturated carbocycles. The number of unbranched alkanes of at least 4 members (excludes halogenated alkanes) is 6. The number of carbonyl (C=O) groups is 4. The second-order valence-corrected chi connectivity index (χ2v) is 16.4. The predicted octanol–water partition coefficient (Wildman–Crippen LogP) is -2.75. The summed E-state index contributed by atoms with van der Waals surface area (Å²) in [5, 5.41) is 93.9. The van der Waals surface area contributed by atoms with Crippen LogP contribution in [0.1, 0.15) is 103 Å². The van der Waals surface area contributed by atoms with Crippen molar-refractivity contribution >= 4 is 23.5 Å². The number of hydrogen-bond donors (Lipinski definition) is 11. The first-order valence-electron chi connectivity index (χ1n) is 22.1. The van der Waals surface area contributed by atoms with Crippen molar-refractivity contribution < 1.29 is 122 Å². The standard InChI is InChI=1S/C41H73N3O18.Y/c1-58-26-20-25(22-45)44(21-26)33(51)16-5-3-2-4-13-28(48)27(43-32(50)15-8-11-19-60-41-39(57)37(55)35(53)30(24-47)62-41)12-6-9-17-42-31(49)14-7-10-18-59-40-38(56)36(54)34(52)29(23-46)61-40;/h25-27,29-30,34-41,45-47,52-57H,2-24H2,1H3,(H,42,49)(H,43,50);/t25-,26+,27-,29?,30?,34?,35?,36?,37?,38?,39?,40?,41?;/m0./s1. The van der Waals surface area contributed by atoms with Gasteiger partial charge in [-0.25, -0.2) is 0 Å². The van der Waals surface area contributed by atoms with Crippen molar-refractivity contribution in [1.29, 1.82) is 0 Å².